The van der Waals surface area contributed by atoms with E-state index in [0.717, 1.165) is 27.5 Å². The molecule has 0 radical (unpaired) electrons. The lowest BCUT2D eigenvalue weighted by molar-refractivity contribution is 0.415. The summed E-state index contributed by atoms with van der Waals surface area (Å²) < 4.78 is 10.4. The van der Waals surface area contributed by atoms with Gasteiger partial charge in [0.15, 0.2) is 5.16 Å². The predicted molar refractivity (Wildman–Crippen MR) is 101 cm³/mol. The fourth-order valence-electron chi connectivity index (χ4n) is 2.66. The van der Waals surface area contributed by atoms with Crippen molar-refractivity contribution in [1.82, 2.24) is 9.97 Å². The van der Waals surface area contributed by atoms with Crippen LogP contribution >= 0.6 is 23.4 Å². The maximum atomic E-state index is 11.8. The lowest BCUT2D eigenvalue weighted by Gasteiger charge is -2.06. The third-order valence-corrected chi connectivity index (χ3v) is 5.15. The quantitative estimate of drug-likeness (QED) is 0.399. The zero-order chi connectivity index (χ0) is 18.3. The minimum atomic E-state index is -0.482. The lowest BCUT2D eigenvalue weighted by Crippen LogP contribution is -2.00. The standard InChI is InChI=1S/C18H13ClN2O4S/c1-24-10-2-3-13-14(5-10)21-18(20-13)26-8-9-4-17(23)25-16-7-15(22)12(19)6-11(9)16/h2-7,22H,8H2,1H3,(H,20,21). The summed E-state index contributed by atoms with van der Waals surface area (Å²) in [5.74, 6) is 1.11. The Balaban J connectivity index is 1.67. The molecule has 8 heteroatoms. The molecule has 0 bridgehead atoms. The monoisotopic (exact) mass is 388 g/mol. The van der Waals surface area contributed by atoms with Crippen LogP contribution in [0, 0.1) is 0 Å². The molecule has 0 saturated carbocycles. The first-order valence-electron chi connectivity index (χ1n) is 7.65. The fraction of sp³-hybridized carbons (Fsp3) is 0.111. The van der Waals surface area contributed by atoms with Crippen LogP contribution in [0.4, 0.5) is 0 Å². The summed E-state index contributed by atoms with van der Waals surface area (Å²) in [7, 11) is 1.61. The number of aromatic nitrogens is 2. The molecule has 2 aromatic carbocycles. The molecule has 132 valence electrons. The van der Waals surface area contributed by atoms with Crippen molar-refractivity contribution in [2.45, 2.75) is 10.9 Å². The molecule has 0 aliphatic rings. The topological polar surface area (TPSA) is 88.3 Å². The van der Waals surface area contributed by atoms with Crippen LogP contribution < -0.4 is 10.4 Å². The number of thioether (sulfide) groups is 1. The number of H-pyrrole nitrogens is 1. The molecule has 0 saturated heterocycles. The van der Waals surface area contributed by atoms with Crippen LogP contribution in [0.2, 0.25) is 5.02 Å². The van der Waals surface area contributed by atoms with Gasteiger partial charge in [0.25, 0.3) is 0 Å². The number of nitrogens with one attached hydrogen (secondary N) is 1. The number of nitrogens with zero attached hydrogens (tertiary/aromatic N) is 1. The second-order valence-electron chi connectivity index (χ2n) is 5.60. The molecule has 0 fully saturated rings. The van der Waals surface area contributed by atoms with Gasteiger partial charge in [0, 0.05) is 29.3 Å². The Hall–Kier alpha value is -2.64. The summed E-state index contributed by atoms with van der Waals surface area (Å²) in [6, 6.07) is 9.97. The zero-order valence-corrected chi connectivity index (χ0v) is 15.1. The molecular formula is C18H13ClN2O4S. The predicted octanol–water partition coefficient (Wildman–Crippen LogP) is 4.33. The van der Waals surface area contributed by atoms with Crippen molar-refractivity contribution in [3.05, 3.63) is 57.4 Å². The van der Waals surface area contributed by atoms with E-state index in [1.165, 1.54) is 23.9 Å². The third kappa shape index (κ3) is 3.11. The number of aromatic hydroxyl groups is 1. The number of rotatable bonds is 4. The van der Waals surface area contributed by atoms with Crippen LogP contribution in [-0.4, -0.2) is 22.2 Å². The molecule has 2 aromatic heterocycles. The number of benzene rings is 2. The van der Waals surface area contributed by atoms with Gasteiger partial charge in [0.1, 0.15) is 17.1 Å². The average Bonchev–Trinajstić information content (AvgIpc) is 3.03. The molecule has 2 N–H and O–H groups in total. The van der Waals surface area contributed by atoms with Crippen LogP contribution in [-0.2, 0) is 5.75 Å². The van der Waals surface area contributed by atoms with E-state index in [0.29, 0.717) is 16.7 Å². The Labute approximate surface area is 156 Å². The maximum absolute atomic E-state index is 11.8. The van der Waals surface area contributed by atoms with Crippen molar-refractivity contribution in [2.75, 3.05) is 7.11 Å². The minimum Gasteiger partial charge on any atom is -0.506 e. The van der Waals surface area contributed by atoms with Gasteiger partial charge in [-0.1, -0.05) is 23.4 Å². The number of halogens is 1. The SMILES string of the molecule is COc1ccc2nc(SCc3cc(=O)oc4cc(O)c(Cl)cc34)[nH]c2c1. The first-order chi connectivity index (χ1) is 12.5. The van der Waals surface area contributed by atoms with Gasteiger partial charge in [-0.15, -0.1) is 0 Å². The number of fused-ring (bicyclic) bond motifs is 2. The molecule has 6 nitrogen and oxygen atoms in total. The summed E-state index contributed by atoms with van der Waals surface area (Å²) >= 11 is 7.44. The molecule has 4 rings (SSSR count). The van der Waals surface area contributed by atoms with Crippen LogP contribution in [0.3, 0.4) is 0 Å². The van der Waals surface area contributed by atoms with E-state index in [2.05, 4.69) is 9.97 Å². The van der Waals surface area contributed by atoms with E-state index in [1.807, 2.05) is 18.2 Å². The normalized spacial score (nSPS) is 11.3. The van der Waals surface area contributed by atoms with Gasteiger partial charge in [-0.05, 0) is 23.8 Å². The number of imidazole rings is 1. The highest BCUT2D eigenvalue weighted by molar-refractivity contribution is 7.98. The van der Waals surface area contributed by atoms with E-state index in [-0.39, 0.29) is 10.8 Å². The van der Waals surface area contributed by atoms with Gasteiger partial charge in [0.2, 0.25) is 0 Å². The van der Waals surface area contributed by atoms with Crippen molar-refractivity contribution in [3.8, 4) is 11.5 Å². The minimum absolute atomic E-state index is 0.127. The van der Waals surface area contributed by atoms with Crippen LogP contribution in [0.25, 0.3) is 22.0 Å². The van der Waals surface area contributed by atoms with Crippen molar-refractivity contribution >= 4 is 45.4 Å². The van der Waals surface area contributed by atoms with E-state index in [1.54, 1.807) is 13.2 Å². The molecule has 0 amide bonds. The first-order valence-corrected chi connectivity index (χ1v) is 9.01. The number of hydrogen-bond donors (Lipinski definition) is 2. The van der Waals surface area contributed by atoms with Gasteiger partial charge in [-0.2, -0.15) is 0 Å². The number of hydrogen-bond acceptors (Lipinski definition) is 6. The molecule has 0 unspecified atom stereocenters. The second-order valence-corrected chi connectivity index (χ2v) is 6.98. The van der Waals surface area contributed by atoms with Crippen LogP contribution in [0.15, 0.2) is 50.8 Å². The first kappa shape index (κ1) is 16.8. The molecule has 4 aromatic rings. The van der Waals surface area contributed by atoms with Gasteiger partial charge in [-0.3, -0.25) is 0 Å². The van der Waals surface area contributed by atoms with Crippen molar-refractivity contribution in [3.63, 3.8) is 0 Å². The smallest absolute Gasteiger partial charge is 0.336 e. The largest absolute Gasteiger partial charge is 0.506 e. The van der Waals surface area contributed by atoms with Gasteiger partial charge in [-0.25, -0.2) is 9.78 Å². The second kappa shape index (κ2) is 6.59. The summed E-state index contributed by atoms with van der Waals surface area (Å²) in [6.07, 6.45) is 0. The van der Waals surface area contributed by atoms with E-state index >= 15 is 0 Å². The Morgan fingerprint density at radius 2 is 2.15 bits per heavy atom. The van der Waals surface area contributed by atoms with E-state index in [9.17, 15) is 9.90 Å². The molecule has 0 spiro atoms. The highest BCUT2D eigenvalue weighted by Crippen LogP contribution is 2.32. The van der Waals surface area contributed by atoms with E-state index < -0.39 is 5.63 Å². The fourth-order valence-corrected chi connectivity index (χ4v) is 3.70. The van der Waals surface area contributed by atoms with E-state index in [4.69, 9.17) is 20.8 Å². The summed E-state index contributed by atoms with van der Waals surface area (Å²) in [5, 5.41) is 11.3. The molecule has 26 heavy (non-hydrogen) atoms. The van der Waals surface area contributed by atoms with Crippen molar-refractivity contribution < 1.29 is 14.3 Å². The Bertz CT molecular complexity index is 1190. The molecular weight excluding hydrogens is 376 g/mol. The number of aromatic amines is 1. The average molecular weight is 389 g/mol. The lowest BCUT2D eigenvalue weighted by atomic mass is 10.1. The van der Waals surface area contributed by atoms with Crippen molar-refractivity contribution in [1.29, 1.82) is 0 Å². The Morgan fingerprint density at radius 3 is 2.96 bits per heavy atom. The van der Waals surface area contributed by atoms with Gasteiger partial charge < -0.3 is 19.2 Å². The Kier molecular flexibility index (Phi) is 4.26. The number of methoxy groups -OCH3 is 1. The summed E-state index contributed by atoms with van der Waals surface area (Å²) in [6.45, 7) is 0. The maximum Gasteiger partial charge on any atom is 0.336 e. The summed E-state index contributed by atoms with van der Waals surface area (Å²) in [5.41, 5.74) is 2.27. The third-order valence-electron chi connectivity index (χ3n) is 3.93. The zero-order valence-electron chi connectivity index (χ0n) is 13.6. The summed E-state index contributed by atoms with van der Waals surface area (Å²) in [4.78, 5) is 19.5. The highest BCUT2D eigenvalue weighted by atomic mass is 35.5. The van der Waals surface area contributed by atoms with Crippen LogP contribution in [0.5, 0.6) is 11.5 Å². The number of phenolic OH excluding ortho intramolecular Hbond substituents is 1. The van der Waals surface area contributed by atoms with Crippen LogP contribution in [0.1, 0.15) is 5.56 Å². The molecule has 0 atom stereocenters. The van der Waals surface area contributed by atoms with Gasteiger partial charge >= 0.3 is 5.63 Å². The Morgan fingerprint density at radius 1 is 1.31 bits per heavy atom. The van der Waals surface area contributed by atoms with Gasteiger partial charge in [0.05, 0.1) is 23.2 Å². The number of ether oxygens (including phenoxy) is 1. The number of phenols is 1. The van der Waals surface area contributed by atoms with Crippen molar-refractivity contribution in [2.24, 2.45) is 0 Å². The molecule has 0 aliphatic carbocycles. The molecule has 2 heterocycles. The molecule has 0 aliphatic heterocycles. The highest BCUT2D eigenvalue weighted by Gasteiger charge is 2.11.